The Morgan fingerprint density at radius 1 is 1.38 bits per heavy atom. The lowest BCUT2D eigenvalue weighted by Gasteiger charge is -2.06. The summed E-state index contributed by atoms with van der Waals surface area (Å²) in [6, 6.07) is 5.49. The lowest BCUT2D eigenvalue weighted by atomic mass is 10.0. The molecule has 1 aromatic rings. The van der Waals surface area contributed by atoms with Crippen LogP contribution in [0.5, 0.6) is 0 Å². The predicted molar refractivity (Wildman–Crippen MR) is 51.5 cm³/mol. The zero-order valence-corrected chi connectivity index (χ0v) is 7.34. The zero-order valence-electron chi connectivity index (χ0n) is 7.34. The fourth-order valence-corrected chi connectivity index (χ4v) is 1.66. The first-order valence-corrected chi connectivity index (χ1v) is 4.44. The Kier molecular flexibility index (Phi) is 1.93. The SMILES string of the molecule is Nc1cccc2c1CCCNC2=O. The van der Waals surface area contributed by atoms with Crippen molar-refractivity contribution in [3.8, 4) is 0 Å². The van der Waals surface area contributed by atoms with Gasteiger partial charge in [-0.05, 0) is 30.5 Å². The Balaban J connectivity index is 2.54. The van der Waals surface area contributed by atoms with Gasteiger partial charge in [0.05, 0.1) is 0 Å². The fraction of sp³-hybridized carbons (Fsp3) is 0.300. The van der Waals surface area contributed by atoms with Gasteiger partial charge in [-0.15, -0.1) is 0 Å². The van der Waals surface area contributed by atoms with Gasteiger partial charge in [-0.1, -0.05) is 6.07 Å². The Bertz CT molecular complexity index is 347. The van der Waals surface area contributed by atoms with Crippen molar-refractivity contribution < 1.29 is 4.79 Å². The highest BCUT2D eigenvalue weighted by molar-refractivity contribution is 5.97. The second kappa shape index (κ2) is 3.09. The van der Waals surface area contributed by atoms with Crippen molar-refractivity contribution >= 4 is 11.6 Å². The third-order valence-corrected chi connectivity index (χ3v) is 2.35. The number of nitrogens with two attached hydrogens (primary N) is 1. The maximum Gasteiger partial charge on any atom is 0.251 e. The first-order chi connectivity index (χ1) is 6.29. The second-order valence-corrected chi connectivity index (χ2v) is 3.23. The zero-order chi connectivity index (χ0) is 9.26. The van der Waals surface area contributed by atoms with Crippen LogP contribution < -0.4 is 11.1 Å². The number of carbonyl (C=O) groups excluding carboxylic acids is 1. The number of hydrogen-bond donors (Lipinski definition) is 2. The molecule has 0 bridgehead atoms. The van der Waals surface area contributed by atoms with Crippen LogP contribution in [0.3, 0.4) is 0 Å². The van der Waals surface area contributed by atoms with Crippen molar-refractivity contribution in [1.29, 1.82) is 0 Å². The second-order valence-electron chi connectivity index (χ2n) is 3.23. The summed E-state index contributed by atoms with van der Waals surface area (Å²) in [5.41, 5.74) is 8.26. The Morgan fingerprint density at radius 3 is 3.08 bits per heavy atom. The molecule has 0 saturated heterocycles. The van der Waals surface area contributed by atoms with Gasteiger partial charge in [0.2, 0.25) is 0 Å². The molecule has 1 aromatic carbocycles. The lowest BCUT2D eigenvalue weighted by Crippen LogP contribution is -2.22. The van der Waals surface area contributed by atoms with E-state index >= 15 is 0 Å². The first kappa shape index (κ1) is 8.10. The molecule has 0 unspecified atom stereocenters. The molecule has 1 amide bonds. The van der Waals surface area contributed by atoms with Gasteiger partial charge >= 0.3 is 0 Å². The van der Waals surface area contributed by atoms with E-state index in [1.54, 1.807) is 0 Å². The van der Waals surface area contributed by atoms with Gasteiger partial charge in [-0.25, -0.2) is 0 Å². The number of fused-ring (bicyclic) bond motifs is 1. The predicted octanol–water partition coefficient (Wildman–Crippen LogP) is 0.945. The van der Waals surface area contributed by atoms with Crippen molar-refractivity contribution in [2.75, 3.05) is 12.3 Å². The van der Waals surface area contributed by atoms with Gasteiger partial charge in [-0.2, -0.15) is 0 Å². The van der Waals surface area contributed by atoms with E-state index in [4.69, 9.17) is 5.73 Å². The van der Waals surface area contributed by atoms with Crippen LogP contribution in [0.15, 0.2) is 18.2 Å². The summed E-state index contributed by atoms with van der Waals surface area (Å²) >= 11 is 0. The van der Waals surface area contributed by atoms with Crippen LogP contribution in [-0.4, -0.2) is 12.5 Å². The summed E-state index contributed by atoms with van der Waals surface area (Å²) in [5, 5.41) is 2.83. The molecule has 0 spiro atoms. The third-order valence-electron chi connectivity index (χ3n) is 2.35. The Hall–Kier alpha value is -1.51. The summed E-state index contributed by atoms with van der Waals surface area (Å²) in [4.78, 5) is 11.5. The molecular formula is C10H12N2O. The maximum absolute atomic E-state index is 11.5. The molecule has 1 aliphatic heterocycles. The van der Waals surface area contributed by atoms with E-state index < -0.39 is 0 Å². The molecule has 1 aliphatic rings. The number of nitrogen functional groups attached to an aromatic ring is 1. The number of hydrogen-bond acceptors (Lipinski definition) is 2. The normalized spacial score (nSPS) is 15.8. The average molecular weight is 176 g/mol. The molecular weight excluding hydrogens is 164 g/mol. The van der Waals surface area contributed by atoms with E-state index in [9.17, 15) is 4.79 Å². The van der Waals surface area contributed by atoms with E-state index in [0.717, 1.165) is 36.2 Å². The molecule has 1 heterocycles. The Morgan fingerprint density at radius 2 is 2.23 bits per heavy atom. The molecule has 0 fully saturated rings. The summed E-state index contributed by atoms with van der Waals surface area (Å²) in [6.45, 7) is 0.743. The van der Waals surface area contributed by atoms with Gasteiger partial charge in [0.25, 0.3) is 5.91 Å². The number of rotatable bonds is 0. The quantitative estimate of drug-likeness (QED) is 0.578. The molecule has 3 N–H and O–H groups in total. The number of amides is 1. The van der Waals surface area contributed by atoms with Gasteiger partial charge in [0, 0.05) is 17.8 Å². The molecule has 0 saturated carbocycles. The Labute approximate surface area is 76.9 Å². The monoisotopic (exact) mass is 176 g/mol. The first-order valence-electron chi connectivity index (χ1n) is 4.44. The van der Waals surface area contributed by atoms with Gasteiger partial charge < -0.3 is 11.1 Å². The van der Waals surface area contributed by atoms with Crippen LogP contribution in [0.4, 0.5) is 5.69 Å². The standard InChI is InChI=1S/C10H12N2O/c11-9-5-1-3-8-7(9)4-2-6-12-10(8)13/h1,3,5H,2,4,6,11H2,(H,12,13). The third kappa shape index (κ3) is 1.37. The van der Waals surface area contributed by atoms with Crippen molar-refractivity contribution in [2.45, 2.75) is 12.8 Å². The van der Waals surface area contributed by atoms with Crippen molar-refractivity contribution in [3.63, 3.8) is 0 Å². The van der Waals surface area contributed by atoms with Crippen molar-refractivity contribution in [3.05, 3.63) is 29.3 Å². The molecule has 0 radical (unpaired) electrons. The number of anilines is 1. The molecule has 3 nitrogen and oxygen atoms in total. The largest absolute Gasteiger partial charge is 0.398 e. The summed E-state index contributed by atoms with van der Waals surface area (Å²) in [6.07, 6.45) is 1.85. The highest BCUT2D eigenvalue weighted by Gasteiger charge is 2.15. The molecule has 0 aromatic heterocycles. The topological polar surface area (TPSA) is 55.1 Å². The van der Waals surface area contributed by atoms with Crippen LogP contribution in [0, 0.1) is 0 Å². The average Bonchev–Trinajstić information content (AvgIpc) is 2.30. The number of carbonyl (C=O) groups is 1. The molecule has 2 rings (SSSR count). The molecule has 0 aliphatic carbocycles. The van der Waals surface area contributed by atoms with Crippen molar-refractivity contribution in [2.24, 2.45) is 0 Å². The highest BCUT2D eigenvalue weighted by atomic mass is 16.1. The summed E-state index contributed by atoms with van der Waals surface area (Å²) < 4.78 is 0. The van der Waals surface area contributed by atoms with Crippen LogP contribution in [0.1, 0.15) is 22.3 Å². The number of benzene rings is 1. The van der Waals surface area contributed by atoms with Crippen LogP contribution >= 0.6 is 0 Å². The molecule has 3 heteroatoms. The minimum Gasteiger partial charge on any atom is -0.398 e. The lowest BCUT2D eigenvalue weighted by molar-refractivity contribution is 0.0956. The van der Waals surface area contributed by atoms with Crippen LogP contribution in [0.25, 0.3) is 0 Å². The van der Waals surface area contributed by atoms with E-state index in [2.05, 4.69) is 5.32 Å². The van der Waals surface area contributed by atoms with Crippen molar-refractivity contribution in [1.82, 2.24) is 5.32 Å². The maximum atomic E-state index is 11.5. The van der Waals surface area contributed by atoms with Gasteiger partial charge in [-0.3, -0.25) is 4.79 Å². The number of nitrogens with one attached hydrogen (secondary N) is 1. The van der Waals surface area contributed by atoms with Crippen LogP contribution in [0.2, 0.25) is 0 Å². The van der Waals surface area contributed by atoms with Gasteiger partial charge in [0.1, 0.15) is 0 Å². The van der Waals surface area contributed by atoms with E-state index in [1.165, 1.54) is 0 Å². The minimum absolute atomic E-state index is 0.000185. The summed E-state index contributed by atoms with van der Waals surface area (Å²) in [5.74, 6) is -0.000185. The summed E-state index contributed by atoms with van der Waals surface area (Å²) in [7, 11) is 0. The van der Waals surface area contributed by atoms with Crippen LogP contribution in [-0.2, 0) is 6.42 Å². The smallest absolute Gasteiger partial charge is 0.251 e. The molecule has 13 heavy (non-hydrogen) atoms. The van der Waals surface area contributed by atoms with Gasteiger partial charge in [0.15, 0.2) is 0 Å². The van der Waals surface area contributed by atoms with E-state index in [0.29, 0.717) is 0 Å². The highest BCUT2D eigenvalue weighted by Crippen LogP contribution is 2.20. The minimum atomic E-state index is -0.000185. The molecule has 0 atom stereocenters. The van der Waals surface area contributed by atoms with E-state index in [1.807, 2.05) is 18.2 Å². The van der Waals surface area contributed by atoms with E-state index in [-0.39, 0.29) is 5.91 Å². The fourth-order valence-electron chi connectivity index (χ4n) is 1.66. The molecule has 68 valence electrons.